The van der Waals surface area contributed by atoms with Gasteiger partial charge in [0.05, 0.1) is 0 Å². The fraction of sp³-hybridized carbons (Fsp3) is 0.500. The summed E-state index contributed by atoms with van der Waals surface area (Å²) in [5, 5.41) is 9.73. The summed E-state index contributed by atoms with van der Waals surface area (Å²) in [6.07, 6.45) is 3.34. The molecule has 1 atom stereocenters. The minimum atomic E-state index is -0.781. The zero-order valence-corrected chi connectivity index (χ0v) is 9.65. The number of Topliss-reactive ketones (excluding diaryl/α,β-unsaturated/α-hetero) is 1. The third-order valence-corrected chi connectivity index (χ3v) is 3.11. The van der Waals surface area contributed by atoms with Crippen molar-refractivity contribution in [2.45, 2.75) is 38.7 Å². The third-order valence-electron chi connectivity index (χ3n) is 3.11. The lowest BCUT2D eigenvalue weighted by Gasteiger charge is -2.08. The van der Waals surface area contributed by atoms with Crippen molar-refractivity contribution in [3.05, 3.63) is 35.4 Å². The number of carbonyl (C=O) groups excluding carboxylic acids is 1. The summed E-state index contributed by atoms with van der Waals surface area (Å²) in [7, 11) is 0. The zero-order chi connectivity index (χ0) is 11.5. The summed E-state index contributed by atoms with van der Waals surface area (Å²) in [6.45, 7) is 2.13. The minimum absolute atomic E-state index is 0.120. The Labute approximate surface area is 96.3 Å². The van der Waals surface area contributed by atoms with E-state index in [1.54, 1.807) is 0 Å². The van der Waals surface area contributed by atoms with Gasteiger partial charge in [-0.05, 0) is 30.7 Å². The summed E-state index contributed by atoms with van der Waals surface area (Å²) in [5.74, 6) is 0.0911. The molecule has 0 saturated heterocycles. The molecule has 0 spiro atoms. The first-order valence-corrected chi connectivity index (χ1v) is 6.03. The van der Waals surface area contributed by atoms with E-state index in [0.29, 0.717) is 5.56 Å². The topological polar surface area (TPSA) is 37.3 Å². The predicted octanol–water partition coefficient (Wildman–Crippen LogP) is 2.59. The maximum Gasteiger partial charge on any atom is 0.191 e. The van der Waals surface area contributed by atoms with Crippen LogP contribution in [0.3, 0.4) is 0 Å². The molecule has 1 aliphatic carbocycles. The SMILES string of the molecule is CCCc1ccc(C(=O)C(O)C2CC2)cc1. The maximum absolute atomic E-state index is 11.8. The molecule has 2 rings (SSSR count). The van der Waals surface area contributed by atoms with E-state index >= 15 is 0 Å². The number of carbonyl (C=O) groups is 1. The van der Waals surface area contributed by atoms with Crippen LogP contribution in [0.5, 0.6) is 0 Å². The van der Waals surface area contributed by atoms with Gasteiger partial charge in [-0.2, -0.15) is 0 Å². The van der Waals surface area contributed by atoms with Crippen LogP contribution in [0.25, 0.3) is 0 Å². The van der Waals surface area contributed by atoms with Crippen LogP contribution in [0.15, 0.2) is 24.3 Å². The Bertz CT molecular complexity index is 363. The molecule has 1 saturated carbocycles. The first-order chi connectivity index (χ1) is 7.72. The van der Waals surface area contributed by atoms with E-state index < -0.39 is 6.10 Å². The second-order valence-electron chi connectivity index (χ2n) is 4.59. The van der Waals surface area contributed by atoms with E-state index in [4.69, 9.17) is 0 Å². The van der Waals surface area contributed by atoms with Crippen LogP contribution >= 0.6 is 0 Å². The Hall–Kier alpha value is -1.15. The molecular formula is C14H18O2. The molecule has 1 N–H and O–H groups in total. The van der Waals surface area contributed by atoms with Crippen molar-refractivity contribution in [1.29, 1.82) is 0 Å². The molecular weight excluding hydrogens is 200 g/mol. The van der Waals surface area contributed by atoms with Crippen molar-refractivity contribution in [1.82, 2.24) is 0 Å². The first kappa shape index (κ1) is 11.3. The van der Waals surface area contributed by atoms with Gasteiger partial charge in [-0.15, -0.1) is 0 Å². The number of aliphatic hydroxyl groups is 1. The number of hydrogen-bond acceptors (Lipinski definition) is 2. The van der Waals surface area contributed by atoms with Gasteiger partial charge in [0.2, 0.25) is 0 Å². The third kappa shape index (κ3) is 2.50. The summed E-state index contributed by atoms with van der Waals surface area (Å²) in [4.78, 5) is 11.8. The number of benzene rings is 1. The lowest BCUT2D eigenvalue weighted by molar-refractivity contribution is 0.0704. The highest BCUT2D eigenvalue weighted by Gasteiger charge is 2.34. The monoisotopic (exact) mass is 218 g/mol. The standard InChI is InChI=1S/C14H18O2/c1-2-3-10-4-6-11(7-5-10)13(15)14(16)12-8-9-12/h4-7,12,14,16H,2-3,8-9H2,1H3. The Kier molecular flexibility index (Phi) is 3.39. The van der Waals surface area contributed by atoms with Gasteiger partial charge in [0.25, 0.3) is 0 Å². The normalized spacial score (nSPS) is 17.1. The fourth-order valence-electron chi connectivity index (χ4n) is 1.92. The second kappa shape index (κ2) is 4.79. The van der Waals surface area contributed by atoms with Gasteiger partial charge in [-0.3, -0.25) is 4.79 Å². The van der Waals surface area contributed by atoms with Crippen LogP contribution in [0.1, 0.15) is 42.1 Å². The average Bonchev–Trinajstić information content (AvgIpc) is 3.12. The van der Waals surface area contributed by atoms with Crippen LogP contribution in [0.4, 0.5) is 0 Å². The largest absolute Gasteiger partial charge is 0.385 e. The average molecular weight is 218 g/mol. The number of aliphatic hydroxyl groups excluding tert-OH is 1. The first-order valence-electron chi connectivity index (χ1n) is 6.03. The Morgan fingerprint density at radius 1 is 1.38 bits per heavy atom. The van der Waals surface area contributed by atoms with Crippen LogP contribution in [-0.4, -0.2) is 17.0 Å². The molecule has 1 aliphatic rings. The van der Waals surface area contributed by atoms with Crippen molar-refractivity contribution in [3.63, 3.8) is 0 Å². The summed E-state index contributed by atoms with van der Waals surface area (Å²) < 4.78 is 0. The molecule has 1 unspecified atom stereocenters. The van der Waals surface area contributed by atoms with Gasteiger partial charge in [0.1, 0.15) is 6.10 Å². The summed E-state index contributed by atoms with van der Waals surface area (Å²) >= 11 is 0. The lowest BCUT2D eigenvalue weighted by Crippen LogP contribution is -2.22. The molecule has 16 heavy (non-hydrogen) atoms. The number of ketones is 1. The smallest absolute Gasteiger partial charge is 0.191 e. The molecule has 1 aromatic rings. The van der Waals surface area contributed by atoms with Gasteiger partial charge in [0, 0.05) is 5.56 Å². The highest BCUT2D eigenvalue weighted by Crippen LogP contribution is 2.33. The van der Waals surface area contributed by atoms with Crippen molar-refractivity contribution in [2.24, 2.45) is 5.92 Å². The highest BCUT2D eigenvalue weighted by atomic mass is 16.3. The molecule has 2 nitrogen and oxygen atoms in total. The Balaban J connectivity index is 2.05. The number of hydrogen-bond donors (Lipinski definition) is 1. The molecule has 0 amide bonds. The van der Waals surface area contributed by atoms with Crippen LogP contribution in [0.2, 0.25) is 0 Å². The Morgan fingerprint density at radius 3 is 2.50 bits per heavy atom. The molecule has 0 aliphatic heterocycles. The number of rotatable bonds is 5. The molecule has 0 bridgehead atoms. The van der Waals surface area contributed by atoms with Gasteiger partial charge >= 0.3 is 0 Å². The van der Waals surface area contributed by atoms with Gasteiger partial charge in [-0.1, -0.05) is 37.6 Å². The van der Waals surface area contributed by atoms with Gasteiger partial charge in [0.15, 0.2) is 5.78 Å². The minimum Gasteiger partial charge on any atom is -0.385 e. The summed E-state index contributed by atoms with van der Waals surface area (Å²) in [5.41, 5.74) is 1.89. The molecule has 86 valence electrons. The molecule has 0 radical (unpaired) electrons. The van der Waals surface area contributed by atoms with E-state index in [9.17, 15) is 9.90 Å². The maximum atomic E-state index is 11.8. The number of aryl methyl sites for hydroxylation is 1. The van der Waals surface area contributed by atoms with E-state index in [1.165, 1.54) is 5.56 Å². The second-order valence-corrected chi connectivity index (χ2v) is 4.59. The molecule has 0 aromatic heterocycles. The van der Waals surface area contributed by atoms with E-state index in [-0.39, 0.29) is 11.7 Å². The van der Waals surface area contributed by atoms with Crippen LogP contribution < -0.4 is 0 Å². The quantitative estimate of drug-likeness (QED) is 0.771. The van der Waals surface area contributed by atoms with Crippen LogP contribution in [-0.2, 0) is 6.42 Å². The van der Waals surface area contributed by atoms with E-state index in [1.807, 2.05) is 24.3 Å². The zero-order valence-electron chi connectivity index (χ0n) is 9.65. The highest BCUT2D eigenvalue weighted by molar-refractivity contribution is 5.99. The molecule has 2 heteroatoms. The molecule has 0 heterocycles. The van der Waals surface area contributed by atoms with Crippen molar-refractivity contribution in [2.75, 3.05) is 0 Å². The van der Waals surface area contributed by atoms with Crippen molar-refractivity contribution >= 4 is 5.78 Å². The Morgan fingerprint density at radius 2 is 2.00 bits per heavy atom. The van der Waals surface area contributed by atoms with E-state index in [0.717, 1.165) is 25.7 Å². The summed E-state index contributed by atoms with van der Waals surface area (Å²) in [6, 6.07) is 7.63. The fourth-order valence-corrected chi connectivity index (χ4v) is 1.92. The van der Waals surface area contributed by atoms with Gasteiger partial charge in [-0.25, -0.2) is 0 Å². The van der Waals surface area contributed by atoms with Gasteiger partial charge < -0.3 is 5.11 Å². The predicted molar refractivity (Wildman–Crippen MR) is 63.5 cm³/mol. The molecule has 1 aromatic carbocycles. The lowest BCUT2D eigenvalue weighted by atomic mass is 10.0. The van der Waals surface area contributed by atoms with Crippen molar-refractivity contribution < 1.29 is 9.90 Å². The molecule has 1 fully saturated rings. The van der Waals surface area contributed by atoms with E-state index in [2.05, 4.69) is 6.92 Å². The van der Waals surface area contributed by atoms with Crippen LogP contribution in [0, 0.1) is 5.92 Å². The van der Waals surface area contributed by atoms with Crippen molar-refractivity contribution in [3.8, 4) is 0 Å².